The van der Waals surface area contributed by atoms with Crippen molar-refractivity contribution < 1.29 is 9.84 Å². The first kappa shape index (κ1) is 11.7. The number of benzene rings is 1. The van der Waals surface area contributed by atoms with Gasteiger partial charge in [-0.05, 0) is 18.9 Å². The topological polar surface area (TPSA) is 55.5 Å². The number of methoxy groups -OCH3 is 1. The lowest BCUT2D eigenvalue weighted by Gasteiger charge is -2.45. The van der Waals surface area contributed by atoms with Crippen LogP contribution in [0.1, 0.15) is 18.4 Å². The Morgan fingerprint density at radius 2 is 2.25 bits per heavy atom. The van der Waals surface area contributed by atoms with Crippen LogP contribution in [0.25, 0.3) is 0 Å². The number of nitrogens with two attached hydrogens (primary N) is 1. The highest BCUT2D eigenvalue weighted by Gasteiger charge is 2.45. The molecule has 0 aliphatic heterocycles. The van der Waals surface area contributed by atoms with E-state index in [1.54, 1.807) is 13.2 Å². The molecular weight excluding hydrogens is 226 g/mol. The van der Waals surface area contributed by atoms with Crippen LogP contribution in [0.15, 0.2) is 18.2 Å². The van der Waals surface area contributed by atoms with E-state index in [2.05, 4.69) is 0 Å². The lowest BCUT2D eigenvalue weighted by Crippen LogP contribution is -2.50. The zero-order valence-electron chi connectivity index (χ0n) is 9.24. The number of hydrogen-bond acceptors (Lipinski definition) is 3. The molecule has 2 rings (SSSR count). The molecule has 0 saturated heterocycles. The van der Waals surface area contributed by atoms with Gasteiger partial charge in [-0.15, -0.1) is 0 Å². The maximum atomic E-state index is 9.48. The molecule has 3 nitrogen and oxygen atoms in total. The largest absolute Gasteiger partial charge is 0.495 e. The Morgan fingerprint density at radius 3 is 2.75 bits per heavy atom. The molecule has 0 unspecified atom stereocenters. The van der Waals surface area contributed by atoms with E-state index < -0.39 is 0 Å². The molecule has 0 amide bonds. The summed E-state index contributed by atoms with van der Waals surface area (Å²) >= 11 is 6.08. The first-order valence-corrected chi connectivity index (χ1v) is 5.72. The first-order valence-electron chi connectivity index (χ1n) is 5.34. The molecule has 0 spiro atoms. The van der Waals surface area contributed by atoms with Crippen molar-refractivity contribution in [1.29, 1.82) is 0 Å². The van der Waals surface area contributed by atoms with Crippen molar-refractivity contribution in [3.63, 3.8) is 0 Å². The number of para-hydroxylation sites is 1. The molecule has 1 saturated carbocycles. The minimum absolute atomic E-state index is 0.171. The van der Waals surface area contributed by atoms with Crippen molar-refractivity contribution in [2.75, 3.05) is 13.7 Å². The van der Waals surface area contributed by atoms with Crippen LogP contribution in [-0.2, 0) is 5.41 Å². The van der Waals surface area contributed by atoms with E-state index in [1.165, 1.54) is 0 Å². The smallest absolute Gasteiger partial charge is 0.141 e. The number of aliphatic hydroxyl groups excluding tert-OH is 1. The van der Waals surface area contributed by atoms with Crippen LogP contribution < -0.4 is 10.5 Å². The van der Waals surface area contributed by atoms with Gasteiger partial charge in [0.05, 0.1) is 18.2 Å². The molecule has 0 heterocycles. The van der Waals surface area contributed by atoms with Gasteiger partial charge in [-0.2, -0.15) is 0 Å². The number of halogens is 1. The van der Waals surface area contributed by atoms with Gasteiger partial charge >= 0.3 is 0 Å². The fraction of sp³-hybridized carbons (Fsp3) is 0.500. The second-order valence-corrected chi connectivity index (χ2v) is 4.77. The molecule has 88 valence electrons. The van der Waals surface area contributed by atoms with Crippen molar-refractivity contribution in [3.8, 4) is 5.75 Å². The van der Waals surface area contributed by atoms with Gasteiger partial charge in [0.25, 0.3) is 0 Å². The third kappa shape index (κ3) is 1.69. The van der Waals surface area contributed by atoms with Crippen LogP contribution in [0.3, 0.4) is 0 Å². The predicted molar refractivity (Wildman–Crippen MR) is 64.0 cm³/mol. The highest BCUT2D eigenvalue weighted by atomic mass is 35.5. The molecule has 1 fully saturated rings. The lowest BCUT2D eigenvalue weighted by atomic mass is 9.62. The highest BCUT2D eigenvalue weighted by Crippen LogP contribution is 2.48. The van der Waals surface area contributed by atoms with Gasteiger partial charge in [-0.25, -0.2) is 0 Å². The van der Waals surface area contributed by atoms with E-state index in [9.17, 15) is 5.11 Å². The monoisotopic (exact) mass is 241 g/mol. The van der Waals surface area contributed by atoms with Crippen LogP contribution in [0.4, 0.5) is 0 Å². The summed E-state index contributed by atoms with van der Waals surface area (Å²) in [6.07, 6.45) is 1.10. The molecule has 1 aliphatic carbocycles. The number of hydrogen-bond donors (Lipinski definition) is 2. The second-order valence-electron chi connectivity index (χ2n) is 4.37. The fourth-order valence-corrected chi connectivity index (χ4v) is 2.72. The zero-order valence-corrected chi connectivity index (χ0v) is 10.00. The van der Waals surface area contributed by atoms with E-state index in [-0.39, 0.29) is 11.5 Å². The Hall–Kier alpha value is -0.770. The molecule has 0 atom stereocenters. The van der Waals surface area contributed by atoms with Gasteiger partial charge in [-0.3, -0.25) is 0 Å². The molecule has 16 heavy (non-hydrogen) atoms. The van der Waals surface area contributed by atoms with Crippen LogP contribution in [0, 0.1) is 0 Å². The molecule has 0 radical (unpaired) electrons. The van der Waals surface area contributed by atoms with Gasteiger partial charge in [0.2, 0.25) is 0 Å². The fourth-order valence-electron chi connectivity index (χ4n) is 2.47. The van der Waals surface area contributed by atoms with Crippen LogP contribution >= 0.6 is 11.6 Å². The average molecular weight is 242 g/mol. The summed E-state index contributed by atoms with van der Waals surface area (Å²) < 4.78 is 5.33. The Morgan fingerprint density at radius 1 is 1.56 bits per heavy atom. The van der Waals surface area contributed by atoms with E-state index >= 15 is 0 Å². The molecule has 4 heteroatoms. The summed E-state index contributed by atoms with van der Waals surface area (Å²) in [6.45, 7) is 0.501. The van der Waals surface area contributed by atoms with Crippen LogP contribution in [-0.4, -0.2) is 24.9 Å². The molecule has 0 bridgehead atoms. The summed E-state index contributed by atoms with van der Waals surface area (Å²) in [5.74, 6) is 0.682. The van der Waals surface area contributed by atoms with Crippen LogP contribution in [0.5, 0.6) is 5.75 Å². The molecule has 1 aromatic rings. The summed E-state index contributed by atoms with van der Waals surface area (Å²) in [4.78, 5) is 0. The standard InChI is InChI=1S/C12H16ClNO2/c1-16-11-9(3-2-4-10(11)13)12(7-14)5-8(15)6-12/h2-4,8,15H,5-7,14H2,1H3. The van der Waals surface area contributed by atoms with Gasteiger partial charge in [-0.1, -0.05) is 23.7 Å². The Bertz CT molecular complexity index is 389. The number of aliphatic hydroxyl groups is 1. The van der Waals surface area contributed by atoms with E-state index in [4.69, 9.17) is 22.1 Å². The third-order valence-electron chi connectivity index (χ3n) is 3.39. The average Bonchev–Trinajstić information content (AvgIpc) is 2.24. The summed E-state index contributed by atoms with van der Waals surface area (Å²) in [6, 6.07) is 5.66. The zero-order chi connectivity index (χ0) is 11.8. The summed E-state index contributed by atoms with van der Waals surface area (Å²) in [5, 5.41) is 10.1. The van der Waals surface area contributed by atoms with Gasteiger partial charge < -0.3 is 15.6 Å². The number of ether oxygens (including phenoxy) is 1. The molecular formula is C12H16ClNO2. The Balaban J connectivity index is 2.43. The molecule has 1 aromatic carbocycles. The van der Waals surface area contributed by atoms with Crippen molar-refractivity contribution in [2.45, 2.75) is 24.4 Å². The van der Waals surface area contributed by atoms with Crippen molar-refractivity contribution in [2.24, 2.45) is 5.73 Å². The van der Waals surface area contributed by atoms with E-state index in [1.807, 2.05) is 12.1 Å². The van der Waals surface area contributed by atoms with Crippen molar-refractivity contribution in [1.82, 2.24) is 0 Å². The third-order valence-corrected chi connectivity index (χ3v) is 3.68. The quantitative estimate of drug-likeness (QED) is 0.847. The highest BCUT2D eigenvalue weighted by molar-refractivity contribution is 6.32. The normalized spacial score (nSPS) is 28.6. The van der Waals surface area contributed by atoms with E-state index in [0.29, 0.717) is 30.2 Å². The lowest BCUT2D eigenvalue weighted by molar-refractivity contribution is 0.0211. The van der Waals surface area contributed by atoms with Crippen molar-refractivity contribution in [3.05, 3.63) is 28.8 Å². The molecule has 1 aliphatic rings. The summed E-state index contributed by atoms with van der Waals surface area (Å²) in [5.41, 5.74) is 6.67. The SMILES string of the molecule is COc1c(Cl)cccc1C1(CN)CC(O)C1. The minimum Gasteiger partial charge on any atom is -0.495 e. The van der Waals surface area contributed by atoms with Gasteiger partial charge in [0.15, 0.2) is 0 Å². The van der Waals surface area contributed by atoms with E-state index in [0.717, 1.165) is 5.56 Å². The Labute approximate surface area is 100 Å². The summed E-state index contributed by atoms with van der Waals surface area (Å²) in [7, 11) is 1.60. The number of rotatable bonds is 3. The first-order chi connectivity index (χ1) is 7.63. The van der Waals surface area contributed by atoms with Crippen LogP contribution in [0.2, 0.25) is 5.02 Å². The molecule has 0 aromatic heterocycles. The van der Waals surface area contributed by atoms with Gasteiger partial charge in [0.1, 0.15) is 5.75 Å². The minimum atomic E-state index is -0.257. The second kappa shape index (κ2) is 4.24. The maximum absolute atomic E-state index is 9.48. The molecule has 3 N–H and O–H groups in total. The maximum Gasteiger partial charge on any atom is 0.141 e. The van der Waals surface area contributed by atoms with Crippen molar-refractivity contribution >= 4 is 11.6 Å². The van der Waals surface area contributed by atoms with Gasteiger partial charge in [0, 0.05) is 17.5 Å². The predicted octanol–water partition coefficient (Wildman–Crippen LogP) is 1.70. The Kier molecular flexibility index (Phi) is 3.10.